The second-order valence-corrected chi connectivity index (χ2v) is 4.26. The van der Waals surface area contributed by atoms with Crippen LogP contribution in [0.4, 0.5) is 0 Å². The van der Waals surface area contributed by atoms with Crippen molar-refractivity contribution in [1.29, 1.82) is 0 Å². The zero-order valence-electron chi connectivity index (χ0n) is 11.1. The first-order valence-corrected chi connectivity index (χ1v) is 6.13. The average Bonchev–Trinajstić information content (AvgIpc) is 2.46. The maximum Gasteiger partial charge on any atom is 0.153 e. The second-order valence-electron chi connectivity index (χ2n) is 4.26. The molecule has 0 aliphatic heterocycles. The van der Waals surface area contributed by atoms with Gasteiger partial charge in [-0.1, -0.05) is 42.5 Å². The van der Waals surface area contributed by atoms with Gasteiger partial charge in [-0.05, 0) is 41.8 Å². The lowest BCUT2D eigenvalue weighted by Crippen LogP contribution is -1.92. The molecule has 0 saturated heterocycles. The maximum absolute atomic E-state index is 11.4. The number of allylic oxidation sites excluding steroid dienone is 1. The fourth-order valence-corrected chi connectivity index (χ4v) is 1.92. The molecule has 0 fully saturated rings. The normalized spacial score (nSPS) is 11.2. The molecule has 0 atom stereocenters. The van der Waals surface area contributed by atoms with E-state index in [1.807, 2.05) is 54.6 Å². The van der Waals surface area contributed by atoms with Gasteiger partial charge in [0.25, 0.3) is 0 Å². The Morgan fingerprint density at radius 3 is 2.05 bits per heavy atom. The molecule has 0 aliphatic rings. The molecule has 2 heteroatoms. The Kier molecular flexibility index (Phi) is 4.14. The van der Waals surface area contributed by atoms with Crippen LogP contribution in [0.2, 0.25) is 0 Å². The van der Waals surface area contributed by atoms with Gasteiger partial charge in [-0.3, -0.25) is 4.79 Å². The van der Waals surface area contributed by atoms with Gasteiger partial charge in [-0.25, -0.2) is 0 Å². The molecule has 0 radical (unpaired) electrons. The van der Waals surface area contributed by atoms with E-state index in [9.17, 15) is 4.79 Å². The highest BCUT2D eigenvalue weighted by Crippen LogP contribution is 2.25. The van der Waals surface area contributed by atoms with Crippen molar-refractivity contribution in [3.8, 4) is 5.75 Å². The van der Waals surface area contributed by atoms with Crippen LogP contribution in [0.5, 0.6) is 5.75 Å². The van der Waals surface area contributed by atoms with Crippen molar-refractivity contribution in [3.63, 3.8) is 0 Å². The first-order chi connectivity index (χ1) is 9.20. The minimum absolute atomic E-state index is 0.0367. The van der Waals surface area contributed by atoms with Gasteiger partial charge in [0.05, 0.1) is 7.11 Å². The predicted molar refractivity (Wildman–Crippen MR) is 77.2 cm³/mol. The van der Waals surface area contributed by atoms with Gasteiger partial charge < -0.3 is 4.74 Å². The first kappa shape index (κ1) is 13.1. The van der Waals surface area contributed by atoms with E-state index in [1.165, 1.54) is 0 Å². The van der Waals surface area contributed by atoms with Crippen molar-refractivity contribution in [3.05, 3.63) is 71.8 Å². The molecule has 0 unspecified atom stereocenters. The molecule has 0 bridgehead atoms. The Hall–Kier alpha value is -2.35. The van der Waals surface area contributed by atoms with Crippen molar-refractivity contribution < 1.29 is 9.53 Å². The average molecular weight is 252 g/mol. The van der Waals surface area contributed by atoms with E-state index in [-0.39, 0.29) is 5.78 Å². The van der Waals surface area contributed by atoms with Crippen molar-refractivity contribution in [1.82, 2.24) is 0 Å². The monoisotopic (exact) mass is 252 g/mol. The Labute approximate surface area is 113 Å². The number of hydrogen-bond acceptors (Lipinski definition) is 2. The van der Waals surface area contributed by atoms with E-state index in [0.717, 1.165) is 22.4 Å². The number of hydrogen-bond donors (Lipinski definition) is 0. The third-order valence-electron chi connectivity index (χ3n) is 2.83. The van der Waals surface area contributed by atoms with Crippen molar-refractivity contribution >= 4 is 11.4 Å². The first-order valence-electron chi connectivity index (χ1n) is 6.13. The van der Waals surface area contributed by atoms with E-state index in [4.69, 9.17) is 4.74 Å². The minimum Gasteiger partial charge on any atom is -0.497 e. The molecule has 0 aromatic heterocycles. The Morgan fingerprint density at radius 1 is 0.947 bits per heavy atom. The molecule has 0 saturated carbocycles. The molecule has 0 amide bonds. The molecular weight excluding hydrogens is 236 g/mol. The molecule has 0 spiro atoms. The fraction of sp³-hybridized carbons (Fsp3) is 0.118. The van der Waals surface area contributed by atoms with Crippen LogP contribution < -0.4 is 4.74 Å². The number of rotatable bonds is 4. The summed E-state index contributed by atoms with van der Waals surface area (Å²) in [7, 11) is 1.64. The van der Waals surface area contributed by atoms with Gasteiger partial charge in [0.1, 0.15) is 5.75 Å². The Bertz CT molecular complexity index is 580. The molecule has 2 aromatic carbocycles. The van der Waals surface area contributed by atoms with Crippen molar-refractivity contribution in [2.45, 2.75) is 6.92 Å². The van der Waals surface area contributed by atoms with Gasteiger partial charge in [-0.2, -0.15) is 0 Å². The fourth-order valence-electron chi connectivity index (χ4n) is 1.92. The third kappa shape index (κ3) is 3.32. The summed E-state index contributed by atoms with van der Waals surface area (Å²) < 4.78 is 5.15. The van der Waals surface area contributed by atoms with Crippen LogP contribution in [0.25, 0.3) is 5.57 Å². The van der Waals surface area contributed by atoms with E-state index < -0.39 is 0 Å². The van der Waals surface area contributed by atoms with E-state index in [2.05, 4.69) is 0 Å². The van der Waals surface area contributed by atoms with Crippen LogP contribution in [-0.4, -0.2) is 12.9 Å². The van der Waals surface area contributed by atoms with E-state index >= 15 is 0 Å². The van der Waals surface area contributed by atoms with Gasteiger partial charge in [0.15, 0.2) is 5.78 Å². The van der Waals surface area contributed by atoms with Crippen LogP contribution in [0, 0.1) is 0 Å². The van der Waals surface area contributed by atoms with Gasteiger partial charge in [0.2, 0.25) is 0 Å². The Morgan fingerprint density at radius 2 is 1.53 bits per heavy atom. The summed E-state index contributed by atoms with van der Waals surface area (Å²) in [6.07, 6.45) is 1.66. The standard InChI is InChI=1S/C17H16O2/c1-13(18)12-17(14-6-4-3-5-7-14)15-8-10-16(19-2)11-9-15/h3-12H,1-2H3/b17-12+. The number of carbonyl (C=O) groups is 1. The second kappa shape index (κ2) is 6.01. The molecule has 19 heavy (non-hydrogen) atoms. The van der Waals surface area contributed by atoms with Crippen LogP contribution in [0.15, 0.2) is 60.7 Å². The SMILES string of the molecule is COc1ccc(/C(=C/C(C)=O)c2ccccc2)cc1. The molecule has 2 nitrogen and oxygen atoms in total. The number of carbonyl (C=O) groups excluding carboxylic acids is 1. The lowest BCUT2D eigenvalue weighted by atomic mass is 9.97. The highest BCUT2D eigenvalue weighted by molar-refractivity contribution is 5.99. The topological polar surface area (TPSA) is 26.3 Å². The molecule has 0 N–H and O–H groups in total. The quantitative estimate of drug-likeness (QED) is 0.775. The van der Waals surface area contributed by atoms with E-state index in [1.54, 1.807) is 20.1 Å². The molecular formula is C17H16O2. The number of ketones is 1. The van der Waals surface area contributed by atoms with Crippen molar-refractivity contribution in [2.24, 2.45) is 0 Å². The van der Waals surface area contributed by atoms with Crippen molar-refractivity contribution in [2.75, 3.05) is 7.11 Å². The maximum atomic E-state index is 11.4. The largest absolute Gasteiger partial charge is 0.497 e. The number of methoxy groups -OCH3 is 1. The Balaban J connectivity index is 2.46. The highest BCUT2D eigenvalue weighted by atomic mass is 16.5. The van der Waals surface area contributed by atoms with Crippen LogP contribution in [-0.2, 0) is 4.79 Å². The lowest BCUT2D eigenvalue weighted by molar-refractivity contribution is -0.112. The number of ether oxygens (including phenoxy) is 1. The predicted octanol–water partition coefficient (Wildman–Crippen LogP) is 3.72. The van der Waals surface area contributed by atoms with Gasteiger partial charge in [-0.15, -0.1) is 0 Å². The van der Waals surface area contributed by atoms with Crippen LogP contribution in [0.1, 0.15) is 18.1 Å². The zero-order valence-corrected chi connectivity index (χ0v) is 11.1. The third-order valence-corrected chi connectivity index (χ3v) is 2.83. The minimum atomic E-state index is 0.0367. The summed E-state index contributed by atoms with van der Waals surface area (Å²) >= 11 is 0. The zero-order chi connectivity index (χ0) is 13.7. The van der Waals surface area contributed by atoms with E-state index in [0.29, 0.717) is 0 Å². The lowest BCUT2D eigenvalue weighted by Gasteiger charge is -2.09. The van der Waals surface area contributed by atoms with Crippen LogP contribution in [0.3, 0.4) is 0 Å². The van der Waals surface area contributed by atoms with Gasteiger partial charge >= 0.3 is 0 Å². The molecule has 2 rings (SSSR count). The highest BCUT2D eigenvalue weighted by Gasteiger charge is 2.06. The molecule has 96 valence electrons. The summed E-state index contributed by atoms with van der Waals surface area (Å²) in [6, 6.07) is 17.6. The summed E-state index contributed by atoms with van der Waals surface area (Å²) in [5.74, 6) is 0.841. The van der Waals surface area contributed by atoms with Crippen LogP contribution >= 0.6 is 0 Å². The summed E-state index contributed by atoms with van der Waals surface area (Å²) in [4.78, 5) is 11.4. The summed E-state index contributed by atoms with van der Waals surface area (Å²) in [6.45, 7) is 1.56. The molecule has 0 heterocycles. The summed E-state index contributed by atoms with van der Waals surface area (Å²) in [5.41, 5.74) is 2.96. The number of benzene rings is 2. The molecule has 2 aromatic rings. The smallest absolute Gasteiger partial charge is 0.153 e. The van der Waals surface area contributed by atoms with Gasteiger partial charge in [0, 0.05) is 0 Å². The molecule has 0 aliphatic carbocycles. The summed E-state index contributed by atoms with van der Waals surface area (Å²) in [5, 5.41) is 0.